The summed E-state index contributed by atoms with van der Waals surface area (Å²) in [7, 11) is 1.64. The van der Waals surface area contributed by atoms with Gasteiger partial charge in [-0.2, -0.15) is 0 Å². The van der Waals surface area contributed by atoms with Crippen LogP contribution in [0.5, 0.6) is 5.75 Å². The van der Waals surface area contributed by atoms with Crippen LogP contribution in [-0.2, 0) is 4.79 Å². The highest BCUT2D eigenvalue weighted by atomic mass is 79.9. The molecule has 38 heavy (non-hydrogen) atoms. The smallest absolute Gasteiger partial charge is 0.254 e. The molecule has 0 N–H and O–H groups in total. The van der Waals surface area contributed by atoms with E-state index in [1.807, 2.05) is 83.9 Å². The van der Waals surface area contributed by atoms with Crippen molar-refractivity contribution in [1.82, 2.24) is 9.47 Å². The Morgan fingerprint density at radius 3 is 2.42 bits per heavy atom. The second kappa shape index (κ2) is 11.3. The van der Waals surface area contributed by atoms with Crippen LogP contribution in [0.25, 0.3) is 5.69 Å². The summed E-state index contributed by atoms with van der Waals surface area (Å²) >= 11 is 3.46. The van der Waals surface area contributed by atoms with Crippen molar-refractivity contribution in [2.45, 2.75) is 25.8 Å². The fraction of sp³-hybridized carbons (Fsp3) is 0.226. The summed E-state index contributed by atoms with van der Waals surface area (Å²) in [6.07, 6.45) is 3.76. The molecule has 3 aromatic carbocycles. The van der Waals surface area contributed by atoms with Gasteiger partial charge in [0.1, 0.15) is 18.3 Å². The van der Waals surface area contributed by atoms with E-state index in [1.165, 1.54) is 0 Å². The number of anilines is 1. The molecule has 7 heteroatoms. The Morgan fingerprint density at radius 1 is 0.947 bits per heavy atom. The van der Waals surface area contributed by atoms with Crippen molar-refractivity contribution in [3.05, 3.63) is 112 Å². The van der Waals surface area contributed by atoms with Crippen LogP contribution in [0.15, 0.2) is 95.6 Å². The van der Waals surface area contributed by atoms with E-state index < -0.39 is 0 Å². The van der Waals surface area contributed by atoms with Crippen LogP contribution in [0.2, 0.25) is 0 Å². The van der Waals surface area contributed by atoms with Crippen molar-refractivity contribution in [2.75, 3.05) is 25.1 Å². The van der Waals surface area contributed by atoms with E-state index in [-0.39, 0.29) is 24.4 Å². The van der Waals surface area contributed by atoms with Crippen LogP contribution in [0.3, 0.4) is 0 Å². The number of rotatable bonds is 8. The van der Waals surface area contributed by atoms with Gasteiger partial charge in [0.15, 0.2) is 0 Å². The first-order valence-electron chi connectivity index (χ1n) is 12.8. The monoisotopic (exact) mass is 571 g/mol. The number of nitrogens with zero attached hydrogens (tertiary/aromatic N) is 3. The predicted molar refractivity (Wildman–Crippen MR) is 153 cm³/mol. The third-order valence-corrected chi connectivity index (χ3v) is 7.38. The normalized spacial score (nSPS) is 14.0. The molecule has 2 heterocycles. The molecular weight excluding hydrogens is 542 g/mol. The summed E-state index contributed by atoms with van der Waals surface area (Å²) in [5.41, 5.74) is 4.26. The minimum Gasteiger partial charge on any atom is -0.497 e. The van der Waals surface area contributed by atoms with Gasteiger partial charge in [-0.05, 0) is 66.6 Å². The van der Waals surface area contributed by atoms with Crippen LogP contribution in [0.1, 0.15) is 47.4 Å². The van der Waals surface area contributed by atoms with Gasteiger partial charge in [-0.25, -0.2) is 0 Å². The fourth-order valence-electron chi connectivity index (χ4n) is 5.01. The van der Waals surface area contributed by atoms with Crippen molar-refractivity contribution in [3.63, 3.8) is 0 Å². The van der Waals surface area contributed by atoms with Gasteiger partial charge in [0.25, 0.3) is 5.91 Å². The number of amides is 2. The van der Waals surface area contributed by atoms with E-state index in [0.29, 0.717) is 12.1 Å². The number of hydrogen-bond donors (Lipinski definition) is 0. The number of ether oxygens (including phenoxy) is 1. The third-order valence-electron chi connectivity index (χ3n) is 6.89. The molecule has 1 aromatic heterocycles. The summed E-state index contributed by atoms with van der Waals surface area (Å²) in [5, 5.41) is 0. The molecule has 0 saturated carbocycles. The molecule has 0 spiro atoms. The van der Waals surface area contributed by atoms with E-state index in [1.54, 1.807) is 24.1 Å². The van der Waals surface area contributed by atoms with Crippen LogP contribution in [0, 0.1) is 0 Å². The van der Waals surface area contributed by atoms with Crippen LogP contribution < -0.4 is 9.64 Å². The standard InChI is InChI=1S/C31H30BrN3O3/c1-3-4-18-33(31(37)23-9-7-10-24(32)20-23)21-29(36)35-27-12-6-5-11-26(27)34-19-8-13-28(34)30(35)22-14-16-25(38-2)17-15-22/h5-17,19-20,30H,3-4,18,21H2,1-2H3. The molecule has 0 saturated heterocycles. The predicted octanol–water partition coefficient (Wildman–Crippen LogP) is 6.63. The minimum atomic E-state index is -0.354. The highest BCUT2D eigenvalue weighted by Crippen LogP contribution is 2.42. The minimum absolute atomic E-state index is 0.0208. The summed E-state index contributed by atoms with van der Waals surface area (Å²) in [6, 6.07) is 26.7. The van der Waals surface area contributed by atoms with Gasteiger partial charge < -0.3 is 14.2 Å². The lowest BCUT2D eigenvalue weighted by Gasteiger charge is -2.39. The quantitative estimate of drug-likeness (QED) is 0.238. The average molecular weight is 573 g/mol. The maximum atomic E-state index is 14.3. The second-order valence-electron chi connectivity index (χ2n) is 9.32. The van der Waals surface area contributed by atoms with Gasteiger partial charge in [-0.1, -0.05) is 59.6 Å². The third kappa shape index (κ3) is 4.98. The Labute approximate surface area is 231 Å². The Morgan fingerprint density at radius 2 is 1.71 bits per heavy atom. The molecule has 194 valence electrons. The SMILES string of the molecule is CCCCN(CC(=O)N1c2ccccc2-n2cccc2C1c1ccc(OC)cc1)C(=O)c1cccc(Br)c1. The number of carbonyl (C=O) groups is 2. The molecule has 1 unspecified atom stereocenters. The number of benzene rings is 3. The highest BCUT2D eigenvalue weighted by Gasteiger charge is 2.37. The van der Waals surface area contributed by atoms with Crippen LogP contribution in [0.4, 0.5) is 5.69 Å². The number of halogens is 1. The number of carbonyl (C=O) groups excluding carboxylic acids is 2. The van der Waals surface area contributed by atoms with Gasteiger partial charge in [0, 0.05) is 22.8 Å². The van der Waals surface area contributed by atoms with Crippen molar-refractivity contribution < 1.29 is 14.3 Å². The number of para-hydroxylation sites is 2. The first-order valence-corrected chi connectivity index (χ1v) is 13.6. The molecule has 1 atom stereocenters. The molecular formula is C31H30BrN3O3. The molecule has 0 fully saturated rings. The summed E-state index contributed by atoms with van der Waals surface area (Å²) < 4.78 is 8.34. The Balaban J connectivity index is 1.55. The van der Waals surface area contributed by atoms with Crippen molar-refractivity contribution >= 4 is 33.4 Å². The zero-order valence-corrected chi connectivity index (χ0v) is 23.1. The maximum Gasteiger partial charge on any atom is 0.254 e. The van der Waals surface area contributed by atoms with E-state index in [0.717, 1.165) is 45.7 Å². The number of aromatic nitrogens is 1. The molecule has 5 rings (SSSR count). The van der Waals surface area contributed by atoms with Gasteiger partial charge in [-0.3, -0.25) is 14.5 Å². The zero-order chi connectivity index (χ0) is 26.6. The largest absolute Gasteiger partial charge is 0.497 e. The summed E-state index contributed by atoms with van der Waals surface area (Å²) in [5.74, 6) is 0.469. The molecule has 0 bridgehead atoms. The van der Waals surface area contributed by atoms with Crippen LogP contribution in [-0.4, -0.2) is 41.5 Å². The topological polar surface area (TPSA) is 54.8 Å². The highest BCUT2D eigenvalue weighted by molar-refractivity contribution is 9.10. The molecule has 0 radical (unpaired) electrons. The first-order chi connectivity index (χ1) is 18.5. The molecule has 1 aliphatic rings. The Kier molecular flexibility index (Phi) is 7.65. The maximum absolute atomic E-state index is 14.3. The van der Waals surface area contributed by atoms with Gasteiger partial charge in [0.05, 0.1) is 24.2 Å². The van der Waals surface area contributed by atoms with Gasteiger partial charge in [0.2, 0.25) is 5.91 Å². The number of hydrogen-bond acceptors (Lipinski definition) is 3. The summed E-state index contributed by atoms with van der Waals surface area (Å²) in [4.78, 5) is 31.3. The molecule has 1 aliphatic heterocycles. The molecule has 6 nitrogen and oxygen atoms in total. The van der Waals surface area contributed by atoms with E-state index in [4.69, 9.17) is 4.74 Å². The molecule has 2 amide bonds. The van der Waals surface area contributed by atoms with Crippen LogP contribution >= 0.6 is 15.9 Å². The first kappa shape index (κ1) is 25.8. The van der Waals surface area contributed by atoms with Crippen molar-refractivity contribution in [2.24, 2.45) is 0 Å². The van der Waals surface area contributed by atoms with E-state index >= 15 is 0 Å². The Bertz CT molecular complexity index is 1450. The fourth-order valence-corrected chi connectivity index (χ4v) is 5.41. The van der Waals surface area contributed by atoms with Gasteiger partial charge in [-0.15, -0.1) is 0 Å². The number of methoxy groups -OCH3 is 1. The van der Waals surface area contributed by atoms with Gasteiger partial charge >= 0.3 is 0 Å². The average Bonchev–Trinajstić information content (AvgIpc) is 3.44. The van der Waals surface area contributed by atoms with Crippen molar-refractivity contribution in [3.8, 4) is 11.4 Å². The lowest BCUT2D eigenvalue weighted by Crippen LogP contribution is -2.47. The molecule has 4 aromatic rings. The Hall–Kier alpha value is -3.84. The second-order valence-corrected chi connectivity index (χ2v) is 10.2. The lowest BCUT2D eigenvalue weighted by atomic mass is 9.97. The van der Waals surface area contributed by atoms with Crippen molar-refractivity contribution in [1.29, 1.82) is 0 Å². The van der Waals surface area contributed by atoms with E-state index in [2.05, 4.69) is 27.4 Å². The van der Waals surface area contributed by atoms with E-state index in [9.17, 15) is 9.59 Å². The molecule has 0 aliphatic carbocycles. The number of fused-ring (bicyclic) bond motifs is 3. The number of unbranched alkanes of at least 4 members (excludes halogenated alkanes) is 1. The zero-order valence-electron chi connectivity index (χ0n) is 21.5. The lowest BCUT2D eigenvalue weighted by molar-refractivity contribution is -0.119. The summed E-state index contributed by atoms with van der Waals surface area (Å²) in [6.45, 7) is 2.57.